The molecule has 7 heteroatoms. The Morgan fingerprint density at radius 2 is 2.15 bits per heavy atom. The number of aliphatic hydroxyl groups is 1. The quantitative estimate of drug-likeness (QED) is 0.236. The van der Waals surface area contributed by atoms with Crippen molar-refractivity contribution >= 4 is 40.8 Å². The second-order valence-corrected chi connectivity index (χ2v) is 6.29. The average Bonchev–Trinajstić information content (AvgIpc) is 3.29. The molecule has 0 spiro atoms. The fraction of sp³-hybridized carbons (Fsp3) is 0.350. The minimum Gasteiger partial charge on any atom is -0.467 e. The highest BCUT2D eigenvalue weighted by Gasteiger charge is 2.10. The van der Waals surface area contributed by atoms with E-state index in [1.807, 2.05) is 6.92 Å². The molecular formula is C20H27IN4O2. The van der Waals surface area contributed by atoms with Gasteiger partial charge in [0.25, 0.3) is 0 Å². The zero-order valence-corrected chi connectivity index (χ0v) is 18.0. The summed E-state index contributed by atoms with van der Waals surface area (Å²) in [7, 11) is 0. The number of nitrogens with zero attached hydrogens (tertiary/aromatic N) is 1. The first-order valence-corrected chi connectivity index (χ1v) is 8.97. The fourth-order valence-corrected chi connectivity index (χ4v) is 2.91. The first-order chi connectivity index (χ1) is 12.7. The minimum atomic E-state index is -0.739. The summed E-state index contributed by atoms with van der Waals surface area (Å²) in [6.45, 7) is 5.87. The average molecular weight is 482 g/mol. The minimum absolute atomic E-state index is 0. The van der Waals surface area contributed by atoms with Crippen LogP contribution in [0.2, 0.25) is 0 Å². The van der Waals surface area contributed by atoms with Crippen LogP contribution in [0.25, 0.3) is 10.9 Å². The van der Waals surface area contributed by atoms with Gasteiger partial charge in [0.15, 0.2) is 5.96 Å². The van der Waals surface area contributed by atoms with Crippen LogP contribution in [0.1, 0.15) is 29.9 Å². The maximum atomic E-state index is 10.1. The van der Waals surface area contributed by atoms with Gasteiger partial charge in [-0.05, 0) is 49.6 Å². The first-order valence-electron chi connectivity index (χ1n) is 8.97. The van der Waals surface area contributed by atoms with E-state index in [1.54, 1.807) is 18.4 Å². The summed E-state index contributed by atoms with van der Waals surface area (Å²) in [4.78, 5) is 7.77. The Balaban J connectivity index is 0.00000261. The number of halogens is 1. The summed E-state index contributed by atoms with van der Waals surface area (Å²) in [5, 5.41) is 17.9. The van der Waals surface area contributed by atoms with Gasteiger partial charge in [-0.2, -0.15) is 0 Å². The van der Waals surface area contributed by atoms with Gasteiger partial charge in [-0.15, -0.1) is 24.0 Å². The van der Waals surface area contributed by atoms with Crippen LogP contribution in [0.15, 0.2) is 52.2 Å². The summed E-state index contributed by atoms with van der Waals surface area (Å²) >= 11 is 0. The molecule has 0 aliphatic carbocycles. The zero-order chi connectivity index (χ0) is 18.4. The van der Waals surface area contributed by atoms with Crippen LogP contribution in [0.4, 0.5) is 0 Å². The number of fused-ring (bicyclic) bond motifs is 1. The maximum absolute atomic E-state index is 10.1. The molecule has 0 aliphatic rings. The summed E-state index contributed by atoms with van der Waals surface area (Å²) < 4.78 is 5.20. The highest BCUT2D eigenvalue weighted by atomic mass is 127. The Morgan fingerprint density at radius 3 is 2.89 bits per heavy atom. The van der Waals surface area contributed by atoms with Crippen molar-refractivity contribution in [2.75, 3.05) is 19.6 Å². The molecule has 27 heavy (non-hydrogen) atoms. The SMILES string of the molecule is CCNC(=NCC(O)c1ccco1)NCCc1c[nH]c2cc(C)ccc12.I. The molecule has 0 fully saturated rings. The van der Waals surface area contributed by atoms with E-state index < -0.39 is 6.10 Å². The molecule has 3 aromatic rings. The Kier molecular flexibility index (Phi) is 8.18. The third-order valence-corrected chi connectivity index (χ3v) is 4.25. The van der Waals surface area contributed by atoms with Gasteiger partial charge in [0.2, 0.25) is 0 Å². The molecule has 0 radical (unpaired) electrons. The lowest BCUT2D eigenvalue weighted by molar-refractivity contribution is 0.158. The van der Waals surface area contributed by atoms with Gasteiger partial charge in [0.1, 0.15) is 11.9 Å². The summed E-state index contributed by atoms with van der Waals surface area (Å²) in [6, 6.07) is 9.96. The highest BCUT2D eigenvalue weighted by Crippen LogP contribution is 2.19. The molecule has 1 unspecified atom stereocenters. The zero-order valence-electron chi connectivity index (χ0n) is 15.7. The number of aliphatic hydroxyl groups excluding tert-OH is 1. The van der Waals surface area contributed by atoms with E-state index in [0.717, 1.165) is 19.5 Å². The predicted molar refractivity (Wildman–Crippen MR) is 120 cm³/mol. The molecule has 4 N–H and O–H groups in total. The Morgan fingerprint density at radius 1 is 1.30 bits per heavy atom. The van der Waals surface area contributed by atoms with E-state index in [0.29, 0.717) is 11.7 Å². The van der Waals surface area contributed by atoms with Crippen LogP contribution in [0.5, 0.6) is 0 Å². The number of furan rings is 1. The number of guanidine groups is 1. The predicted octanol–water partition coefficient (Wildman–Crippen LogP) is 3.52. The van der Waals surface area contributed by atoms with Crippen LogP contribution in [-0.4, -0.2) is 35.7 Å². The van der Waals surface area contributed by atoms with Crippen molar-refractivity contribution in [3.63, 3.8) is 0 Å². The van der Waals surface area contributed by atoms with E-state index in [1.165, 1.54) is 22.0 Å². The van der Waals surface area contributed by atoms with Gasteiger partial charge in [-0.1, -0.05) is 12.1 Å². The number of hydrogen-bond acceptors (Lipinski definition) is 3. The monoisotopic (exact) mass is 482 g/mol. The molecular weight excluding hydrogens is 455 g/mol. The third-order valence-electron chi connectivity index (χ3n) is 4.25. The molecule has 0 amide bonds. The van der Waals surface area contributed by atoms with Crippen LogP contribution in [0, 0.1) is 6.92 Å². The molecule has 6 nitrogen and oxygen atoms in total. The van der Waals surface area contributed by atoms with Gasteiger partial charge in [0, 0.05) is 30.2 Å². The van der Waals surface area contributed by atoms with Crippen molar-refractivity contribution in [1.82, 2.24) is 15.6 Å². The van der Waals surface area contributed by atoms with Crippen molar-refractivity contribution < 1.29 is 9.52 Å². The Bertz CT molecular complexity index is 858. The maximum Gasteiger partial charge on any atom is 0.191 e. The summed E-state index contributed by atoms with van der Waals surface area (Å²) in [6.07, 6.45) is 3.76. The number of aliphatic imine (C=N–C) groups is 1. The fourth-order valence-electron chi connectivity index (χ4n) is 2.91. The number of H-pyrrole nitrogens is 1. The van der Waals surface area contributed by atoms with Crippen molar-refractivity contribution in [2.24, 2.45) is 4.99 Å². The number of aromatic amines is 1. The number of hydrogen-bond donors (Lipinski definition) is 4. The molecule has 0 saturated heterocycles. The van der Waals surface area contributed by atoms with Crippen LogP contribution in [0.3, 0.4) is 0 Å². The van der Waals surface area contributed by atoms with Gasteiger partial charge < -0.3 is 25.1 Å². The molecule has 0 saturated carbocycles. The number of benzene rings is 1. The second-order valence-electron chi connectivity index (χ2n) is 6.29. The summed E-state index contributed by atoms with van der Waals surface area (Å²) in [5.74, 6) is 1.22. The normalized spacial score (nSPS) is 12.6. The van der Waals surface area contributed by atoms with E-state index in [9.17, 15) is 5.11 Å². The Labute approximate surface area is 176 Å². The Hall–Kier alpha value is -2.00. The van der Waals surface area contributed by atoms with E-state index >= 15 is 0 Å². The van der Waals surface area contributed by atoms with Crippen molar-refractivity contribution in [2.45, 2.75) is 26.4 Å². The number of rotatable bonds is 7. The standard InChI is InChI=1S/C20H26N4O2.HI/c1-3-21-20(24-13-18(25)19-5-4-10-26-19)22-9-8-15-12-23-17-11-14(2)6-7-16(15)17;/h4-7,10-12,18,23,25H,3,8-9,13H2,1-2H3,(H2,21,22,24);1H. The summed E-state index contributed by atoms with van der Waals surface area (Å²) in [5.41, 5.74) is 3.70. The lowest BCUT2D eigenvalue weighted by atomic mass is 10.1. The van der Waals surface area contributed by atoms with E-state index in [-0.39, 0.29) is 30.5 Å². The molecule has 1 aromatic carbocycles. The van der Waals surface area contributed by atoms with Crippen molar-refractivity contribution in [1.29, 1.82) is 0 Å². The lowest BCUT2D eigenvalue weighted by Gasteiger charge is -2.12. The third kappa shape index (κ3) is 5.74. The van der Waals surface area contributed by atoms with Crippen molar-refractivity contribution in [3.8, 4) is 0 Å². The van der Waals surface area contributed by atoms with Crippen LogP contribution < -0.4 is 10.6 Å². The number of aryl methyl sites for hydroxylation is 1. The first kappa shape index (κ1) is 21.3. The number of nitrogens with one attached hydrogen (secondary N) is 3. The van der Waals surface area contributed by atoms with Crippen LogP contribution in [-0.2, 0) is 6.42 Å². The van der Waals surface area contributed by atoms with Crippen LogP contribution >= 0.6 is 24.0 Å². The largest absolute Gasteiger partial charge is 0.467 e. The smallest absolute Gasteiger partial charge is 0.191 e. The molecule has 0 bridgehead atoms. The van der Waals surface area contributed by atoms with Crippen molar-refractivity contribution in [3.05, 3.63) is 59.7 Å². The lowest BCUT2D eigenvalue weighted by Crippen LogP contribution is -2.38. The molecule has 1 atom stereocenters. The highest BCUT2D eigenvalue weighted by molar-refractivity contribution is 14.0. The molecule has 146 valence electrons. The second kappa shape index (κ2) is 10.4. The molecule has 3 rings (SSSR count). The van der Waals surface area contributed by atoms with Gasteiger partial charge in [-0.3, -0.25) is 4.99 Å². The molecule has 2 heterocycles. The molecule has 0 aliphatic heterocycles. The molecule has 2 aromatic heterocycles. The van der Waals surface area contributed by atoms with E-state index in [4.69, 9.17) is 4.42 Å². The number of aromatic nitrogens is 1. The topological polar surface area (TPSA) is 85.6 Å². The van der Waals surface area contributed by atoms with Gasteiger partial charge >= 0.3 is 0 Å². The van der Waals surface area contributed by atoms with Gasteiger partial charge in [-0.25, -0.2) is 0 Å². The van der Waals surface area contributed by atoms with E-state index in [2.05, 4.69) is 51.9 Å². The van der Waals surface area contributed by atoms with Gasteiger partial charge in [0.05, 0.1) is 12.8 Å².